The van der Waals surface area contributed by atoms with E-state index in [4.69, 9.17) is 18.9 Å². The second-order valence-corrected chi connectivity index (χ2v) is 6.27. The standard InChI is InChI=1S/C21H23NO4/c1-23-19-6-4-17(5-7-19)15-26-21-9-8-20(12-18(21)13-22)25-11-10-24-14-16-2-3-16/h4-9,12,16H,2-3,10-11,14-15H2,1H3. The zero-order valence-corrected chi connectivity index (χ0v) is 14.9. The summed E-state index contributed by atoms with van der Waals surface area (Å²) in [6, 6.07) is 15.1. The largest absolute Gasteiger partial charge is 0.497 e. The molecule has 5 nitrogen and oxygen atoms in total. The maximum Gasteiger partial charge on any atom is 0.137 e. The summed E-state index contributed by atoms with van der Waals surface area (Å²) in [6.45, 7) is 2.25. The van der Waals surface area contributed by atoms with Gasteiger partial charge in [0.2, 0.25) is 0 Å². The Kier molecular flexibility index (Phi) is 6.34. The van der Waals surface area contributed by atoms with Gasteiger partial charge in [-0.25, -0.2) is 0 Å². The van der Waals surface area contributed by atoms with Gasteiger partial charge in [-0.15, -0.1) is 0 Å². The third-order valence-corrected chi connectivity index (χ3v) is 4.17. The van der Waals surface area contributed by atoms with Gasteiger partial charge >= 0.3 is 0 Å². The fourth-order valence-electron chi connectivity index (χ4n) is 2.45. The van der Waals surface area contributed by atoms with E-state index in [1.165, 1.54) is 12.8 Å². The van der Waals surface area contributed by atoms with Gasteiger partial charge in [0.25, 0.3) is 0 Å². The molecule has 1 aliphatic carbocycles. The first-order valence-corrected chi connectivity index (χ1v) is 8.79. The highest BCUT2D eigenvalue weighted by Crippen LogP contribution is 2.28. The minimum Gasteiger partial charge on any atom is -0.497 e. The van der Waals surface area contributed by atoms with Crippen molar-refractivity contribution in [2.24, 2.45) is 5.92 Å². The molecule has 3 rings (SSSR count). The Morgan fingerprint density at radius 3 is 2.46 bits per heavy atom. The van der Waals surface area contributed by atoms with E-state index in [0.717, 1.165) is 23.8 Å². The predicted octanol–water partition coefficient (Wildman–Crippen LogP) is 3.95. The van der Waals surface area contributed by atoms with Crippen LogP contribution >= 0.6 is 0 Å². The van der Waals surface area contributed by atoms with Crippen molar-refractivity contribution in [2.75, 3.05) is 26.9 Å². The number of methoxy groups -OCH3 is 1. The molecule has 0 aromatic heterocycles. The Labute approximate surface area is 154 Å². The Morgan fingerprint density at radius 1 is 1.00 bits per heavy atom. The number of nitriles is 1. The van der Waals surface area contributed by atoms with E-state index in [9.17, 15) is 5.26 Å². The van der Waals surface area contributed by atoms with Crippen molar-refractivity contribution in [1.82, 2.24) is 0 Å². The second-order valence-electron chi connectivity index (χ2n) is 6.27. The summed E-state index contributed by atoms with van der Waals surface area (Å²) >= 11 is 0. The molecule has 1 fully saturated rings. The van der Waals surface area contributed by atoms with Crippen molar-refractivity contribution in [3.8, 4) is 23.3 Å². The van der Waals surface area contributed by atoms with Crippen molar-refractivity contribution < 1.29 is 18.9 Å². The summed E-state index contributed by atoms with van der Waals surface area (Å²) in [4.78, 5) is 0. The fraction of sp³-hybridized carbons (Fsp3) is 0.381. The fourth-order valence-corrected chi connectivity index (χ4v) is 2.45. The summed E-state index contributed by atoms with van der Waals surface area (Å²) in [7, 11) is 1.63. The molecule has 0 heterocycles. The van der Waals surface area contributed by atoms with E-state index >= 15 is 0 Å². The van der Waals surface area contributed by atoms with Crippen LogP contribution in [0.3, 0.4) is 0 Å². The molecule has 0 saturated heterocycles. The summed E-state index contributed by atoms with van der Waals surface area (Å²) in [5, 5.41) is 9.36. The molecule has 0 aliphatic heterocycles. The molecule has 0 amide bonds. The van der Waals surface area contributed by atoms with Crippen molar-refractivity contribution in [2.45, 2.75) is 19.4 Å². The van der Waals surface area contributed by atoms with Gasteiger partial charge < -0.3 is 18.9 Å². The smallest absolute Gasteiger partial charge is 0.137 e. The van der Waals surface area contributed by atoms with E-state index < -0.39 is 0 Å². The molecule has 2 aromatic rings. The molecule has 136 valence electrons. The van der Waals surface area contributed by atoms with Gasteiger partial charge in [-0.05, 0) is 48.6 Å². The zero-order chi connectivity index (χ0) is 18.2. The van der Waals surface area contributed by atoms with Crippen LogP contribution < -0.4 is 14.2 Å². The van der Waals surface area contributed by atoms with Gasteiger partial charge in [-0.3, -0.25) is 0 Å². The topological polar surface area (TPSA) is 60.7 Å². The first-order chi connectivity index (χ1) is 12.8. The molecule has 0 bridgehead atoms. The molecular weight excluding hydrogens is 330 g/mol. The van der Waals surface area contributed by atoms with Crippen LogP contribution in [0.25, 0.3) is 0 Å². The molecule has 26 heavy (non-hydrogen) atoms. The van der Waals surface area contributed by atoms with Crippen LogP contribution in [0.5, 0.6) is 17.2 Å². The summed E-state index contributed by atoms with van der Waals surface area (Å²) in [6.07, 6.45) is 2.56. The molecule has 5 heteroatoms. The number of hydrogen-bond acceptors (Lipinski definition) is 5. The van der Waals surface area contributed by atoms with Crippen LogP contribution in [0.4, 0.5) is 0 Å². The highest BCUT2D eigenvalue weighted by molar-refractivity contribution is 5.47. The van der Waals surface area contributed by atoms with E-state index in [2.05, 4.69) is 6.07 Å². The van der Waals surface area contributed by atoms with Crippen molar-refractivity contribution in [3.63, 3.8) is 0 Å². The average molecular weight is 353 g/mol. The minimum absolute atomic E-state index is 0.383. The molecular formula is C21H23NO4. The molecule has 0 N–H and O–H groups in total. The number of nitrogens with zero attached hydrogens (tertiary/aromatic N) is 1. The number of ether oxygens (including phenoxy) is 4. The monoisotopic (exact) mass is 353 g/mol. The van der Waals surface area contributed by atoms with Gasteiger partial charge in [0, 0.05) is 12.7 Å². The number of benzene rings is 2. The maximum absolute atomic E-state index is 9.36. The quantitative estimate of drug-likeness (QED) is 0.605. The summed E-state index contributed by atoms with van der Waals surface area (Å²) in [5.74, 6) is 2.74. The second kappa shape index (κ2) is 9.12. The molecule has 0 unspecified atom stereocenters. The predicted molar refractivity (Wildman–Crippen MR) is 97.5 cm³/mol. The van der Waals surface area contributed by atoms with E-state index in [0.29, 0.717) is 36.9 Å². The van der Waals surface area contributed by atoms with Crippen LogP contribution in [0.1, 0.15) is 24.0 Å². The van der Waals surface area contributed by atoms with Crippen LogP contribution in [0, 0.1) is 17.2 Å². The SMILES string of the molecule is COc1ccc(COc2ccc(OCCOCC3CC3)cc2C#N)cc1. The lowest BCUT2D eigenvalue weighted by Gasteiger charge is -2.11. The van der Waals surface area contributed by atoms with Gasteiger partial charge in [-0.2, -0.15) is 5.26 Å². The van der Waals surface area contributed by atoms with E-state index in [1.54, 1.807) is 19.2 Å². The van der Waals surface area contributed by atoms with Gasteiger partial charge in [0.15, 0.2) is 0 Å². The Hall–Kier alpha value is -2.71. The third-order valence-electron chi connectivity index (χ3n) is 4.17. The van der Waals surface area contributed by atoms with Crippen molar-refractivity contribution >= 4 is 0 Å². The highest BCUT2D eigenvalue weighted by atomic mass is 16.5. The Morgan fingerprint density at radius 2 is 1.77 bits per heavy atom. The van der Waals surface area contributed by atoms with E-state index in [1.807, 2.05) is 30.3 Å². The van der Waals surface area contributed by atoms with Gasteiger partial charge in [0.1, 0.15) is 36.5 Å². The molecule has 0 atom stereocenters. The molecule has 0 spiro atoms. The summed E-state index contributed by atoms with van der Waals surface area (Å²) < 4.78 is 22.1. The molecule has 1 aliphatic rings. The summed E-state index contributed by atoms with van der Waals surface area (Å²) in [5.41, 5.74) is 1.46. The average Bonchev–Trinajstić information content (AvgIpc) is 3.51. The highest BCUT2D eigenvalue weighted by Gasteiger charge is 2.20. The minimum atomic E-state index is 0.383. The maximum atomic E-state index is 9.36. The normalized spacial score (nSPS) is 13.1. The first kappa shape index (κ1) is 18.1. The Bertz CT molecular complexity index is 748. The van der Waals surface area contributed by atoms with Crippen LogP contribution in [0.2, 0.25) is 0 Å². The van der Waals surface area contributed by atoms with Crippen LogP contribution in [0.15, 0.2) is 42.5 Å². The molecule has 1 saturated carbocycles. The number of rotatable bonds is 10. The molecule has 0 radical (unpaired) electrons. The Balaban J connectivity index is 1.49. The van der Waals surface area contributed by atoms with Crippen LogP contribution in [-0.2, 0) is 11.3 Å². The molecule has 2 aromatic carbocycles. The third kappa shape index (κ3) is 5.40. The van der Waals surface area contributed by atoms with Gasteiger partial charge in [0.05, 0.1) is 19.3 Å². The lowest BCUT2D eigenvalue weighted by molar-refractivity contribution is 0.0927. The van der Waals surface area contributed by atoms with E-state index in [-0.39, 0.29) is 0 Å². The van der Waals surface area contributed by atoms with Crippen molar-refractivity contribution in [1.29, 1.82) is 5.26 Å². The van der Waals surface area contributed by atoms with Gasteiger partial charge in [-0.1, -0.05) is 12.1 Å². The lowest BCUT2D eigenvalue weighted by Crippen LogP contribution is -2.08. The van der Waals surface area contributed by atoms with Crippen LogP contribution in [-0.4, -0.2) is 26.9 Å². The first-order valence-electron chi connectivity index (χ1n) is 8.79. The zero-order valence-electron chi connectivity index (χ0n) is 14.9. The number of hydrogen-bond donors (Lipinski definition) is 0. The lowest BCUT2D eigenvalue weighted by atomic mass is 10.2. The van der Waals surface area contributed by atoms with Crippen molar-refractivity contribution in [3.05, 3.63) is 53.6 Å².